The van der Waals surface area contributed by atoms with Gasteiger partial charge in [0.25, 0.3) is 0 Å². The van der Waals surface area contributed by atoms with Crippen LogP contribution in [-0.2, 0) is 11.0 Å². The monoisotopic (exact) mass is 431 g/mol. The summed E-state index contributed by atoms with van der Waals surface area (Å²) in [4.78, 5) is 14.5. The topological polar surface area (TPSA) is 63.1 Å². The van der Waals surface area contributed by atoms with Crippen LogP contribution in [0.25, 0.3) is 11.0 Å². The van der Waals surface area contributed by atoms with Gasteiger partial charge in [-0.3, -0.25) is 9.69 Å². The van der Waals surface area contributed by atoms with Crippen LogP contribution in [0.2, 0.25) is 0 Å². The van der Waals surface area contributed by atoms with Crippen molar-refractivity contribution in [1.82, 2.24) is 19.9 Å². The van der Waals surface area contributed by atoms with Gasteiger partial charge in [0.2, 0.25) is 5.91 Å². The van der Waals surface area contributed by atoms with E-state index in [1.165, 1.54) is 6.07 Å². The number of anilines is 1. The van der Waals surface area contributed by atoms with Gasteiger partial charge in [-0.1, -0.05) is 11.3 Å². The van der Waals surface area contributed by atoms with Crippen LogP contribution in [0, 0.1) is 13.8 Å². The third-order valence-electron chi connectivity index (χ3n) is 5.57. The van der Waals surface area contributed by atoms with Crippen molar-refractivity contribution >= 4 is 22.6 Å². The quantitative estimate of drug-likeness (QED) is 0.668. The van der Waals surface area contributed by atoms with Crippen LogP contribution in [-0.4, -0.2) is 45.4 Å². The first kappa shape index (κ1) is 21.3. The molecule has 2 heterocycles. The van der Waals surface area contributed by atoms with Gasteiger partial charge in [-0.2, -0.15) is 13.2 Å². The summed E-state index contributed by atoms with van der Waals surface area (Å²) in [6, 6.07) is 9.51. The predicted octanol–water partition coefficient (Wildman–Crippen LogP) is 4.34. The van der Waals surface area contributed by atoms with Crippen LogP contribution >= 0.6 is 0 Å². The maximum Gasteiger partial charge on any atom is 0.416 e. The largest absolute Gasteiger partial charge is 0.416 e. The van der Waals surface area contributed by atoms with E-state index in [1.807, 2.05) is 26.0 Å². The third kappa shape index (κ3) is 4.87. The lowest BCUT2D eigenvalue weighted by Gasteiger charge is -2.31. The molecule has 9 heteroatoms. The summed E-state index contributed by atoms with van der Waals surface area (Å²) in [5, 5.41) is 11.0. The van der Waals surface area contributed by atoms with E-state index in [1.54, 1.807) is 4.68 Å². The van der Waals surface area contributed by atoms with E-state index in [-0.39, 0.29) is 17.5 Å². The Bertz CT molecular complexity index is 1080. The Morgan fingerprint density at radius 1 is 1.10 bits per heavy atom. The number of rotatable bonds is 4. The molecule has 1 fully saturated rings. The van der Waals surface area contributed by atoms with Crippen molar-refractivity contribution in [2.24, 2.45) is 0 Å². The van der Waals surface area contributed by atoms with Gasteiger partial charge in [-0.25, -0.2) is 4.68 Å². The summed E-state index contributed by atoms with van der Waals surface area (Å²) in [5.74, 6) is -0.0608. The molecule has 1 aliphatic rings. The van der Waals surface area contributed by atoms with Crippen molar-refractivity contribution < 1.29 is 18.0 Å². The maximum atomic E-state index is 12.9. The van der Waals surface area contributed by atoms with Gasteiger partial charge in [-0.05, 0) is 68.1 Å². The Kier molecular flexibility index (Phi) is 5.70. The molecule has 31 heavy (non-hydrogen) atoms. The number of benzene rings is 2. The molecule has 0 unspecified atom stereocenters. The molecule has 4 rings (SSSR count). The van der Waals surface area contributed by atoms with Crippen LogP contribution in [0.1, 0.15) is 35.6 Å². The number of nitrogens with zero attached hydrogens (tertiary/aromatic N) is 4. The molecular formula is C22H24F3N5O. The van der Waals surface area contributed by atoms with Crippen molar-refractivity contribution in [2.45, 2.75) is 38.9 Å². The molecule has 3 aromatic rings. The highest BCUT2D eigenvalue weighted by molar-refractivity contribution is 5.92. The number of hydrogen-bond acceptors (Lipinski definition) is 4. The fraction of sp³-hybridized carbons (Fsp3) is 0.409. The fourth-order valence-electron chi connectivity index (χ4n) is 4.16. The SMILES string of the molecule is Cc1cc(C)cc(NC(=O)CN2CCC(n3nnc4cc(C(F)(F)F)ccc43)CC2)c1. The molecule has 2 aromatic carbocycles. The molecular weight excluding hydrogens is 407 g/mol. The summed E-state index contributed by atoms with van der Waals surface area (Å²) in [7, 11) is 0. The first-order valence-electron chi connectivity index (χ1n) is 10.2. The van der Waals surface area contributed by atoms with Crippen LogP contribution in [0.4, 0.5) is 18.9 Å². The number of aromatic nitrogens is 3. The maximum absolute atomic E-state index is 12.9. The molecule has 0 aliphatic carbocycles. The van der Waals surface area contributed by atoms with Gasteiger partial charge in [-0.15, -0.1) is 5.10 Å². The lowest BCUT2D eigenvalue weighted by Crippen LogP contribution is -2.39. The van der Waals surface area contributed by atoms with Gasteiger partial charge >= 0.3 is 6.18 Å². The van der Waals surface area contributed by atoms with Crippen LogP contribution in [0.5, 0.6) is 0 Å². The van der Waals surface area contributed by atoms with E-state index in [0.717, 1.165) is 41.8 Å². The van der Waals surface area contributed by atoms with Crippen LogP contribution in [0.3, 0.4) is 0 Å². The smallest absolute Gasteiger partial charge is 0.325 e. The molecule has 164 valence electrons. The normalized spacial score (nSPS) is 16.0. The van der Waals surface area contributed by atoms with E-state index in [4.69, 9.17) is 0 Å². The van der Waals surface area contributed by atoms with Gasteiger partial charge in [0.1, 0.15) is 5.52 Å². The minimum atomic E-state index is -4.40. The highest BCUT2D eigenvalue weighted by atomic mass is 19.4. The second-order valence-corrected chi connectivity index (χ2v) is 8.17. The van der Waals surface area contributed by atoms with Crippen molar-refractivity contribution in [3.63, 3.8) is 0 Å². The number of carbonyl (C=O) groups is 1. The average Bonchev–Trinajstić information content (AvgIpc) is 3.10. The zero-order valence-electron chi connectivity index (χ0n) is 17.4. The molecule has 1 saturated heterocycles. The molecule has 0 bridgehead atoms. The summed E-state index contributed by atoms with van der Waals surface area (Å²) < 4.78 is 40.4. The van der Waals surface area contributed by atoms with Crippen molar-refractivity contribution in [1.29, 1.82) is 0 Å². The van der Waals surface area contributed by atoms with Crippen LogP contribution < -0.4 is 5.32 Å². The zero-order chi connectivity index (χ0) is 22.2. The number of piperidine rings is 1. The molecule has 0 spiro atoms. The first-order chi connectivity index (χ1) is 14.7. The third-order valence-corrected chi connectivity index (χ3v) is 5.57. The number of nitrogens with one attached hydrogen (secondary N) is 1. The van der Waals surface area contributed by atoms with Gasteiger partial charge in [0.05, 0.1) is 23.7 Å². The molecule has 0 saturated carbocycles. The Hall–Kier alpha value is -2.94. The molecule has 1 N–H and O–H groups in total. The lowest BCUT2D eigenvalue weighted by molar-refractivity contribution is -0.137. The minimum absolute atomic E-state index is 0.0421. The summed E-state index contributed by atoms with van der Waals surface area (Å²) in [6.07, 6.45) is -2.91. The van der Waals surface area contributed by atoms with Crippen molar-refractivity contribution in [3.05, 3.63) is 53.1 Å². The minimum Gasteiger partial charge on any atom is -0.325 e. The second-order valence-electron chi connectivity index (χ2n) is 8.17. The highest BCUT2D eigenvalue weighted by Gasteiger charge is 2.31. The van der Waals surface area contributed by atoms with E-state index in [2.05, 4.69) is 26.6 Å². The summed E-state index contributed by atoms with van der Waals surface area (Å²) >= 11 is 0. The molecule has 1 amide bonds. The number of hydrogen-bond donors (Lipinski definition) is 1. The van der Waals surface area contributed by atoms with E-state index in [0.29, 0.717) is 25.2 Å². The Labute approximate surface area is 178 Å². The Morgan fingerprint density at radius 2 is 1.77 bits per heavy atom. The number of amides is 1. The van der Waals surface area contributed by atoms with E-state index in [9.17, 15) is 18.0 Å². The van der Waals surface area contributed by atoms with Gasteiger partial charge in [0, 0.05) is 18.8 Å². The molecule has 1 aliphatic heterocycles. The molecule has 6 nitrogen and oxygen atoms in total. The molecule has 0 atom stereocenters. The highest BCUT2D eigenvalue weighted by Crippen LogP contribution is 2.32. The number of halogens is 3. The fourth-order valence-corrected chi connectivity index (χ4v) is 4.16. The average molecular weight is 431 g/mol. The standard InChI is InChI=1S/C22H24F3N5O/c1-14-9-15(2)11-17(10-14)26-21(31)13-29-7-5-18(6-8-29)30-20-4-3-16(22(23,24)25)12-19(20)27-28-30/h3-4,9-12,18H,5-8,13H2,1-2H3,(H,26,31). The molecule has 0 radical (unpaired) electrons. The number of fused-ring (bicyclic) bond motifs is 1. The lowest BCUT2D eigenvalue weighted by atomic mass is 10.0. The predicted molar refractivity (Wildman–Crippen MR) is 112 cm³/mol. The van der Waals surface area contributed by atoms with E-state index >= 15 is 0 Å². The summed E-state index contributed by atoms with van der Waals surface area (Å²) in [6.45, 7) is 5.68. The second kappa shape index (κ2) is 8.30. The number of carbonyl (C=O) groups excluding carboxylic acids is 1. The van der Waals surface area contributed by atoms with Gasteiger partial charge < -0.3 is 5.32 Å². The van der Waals surface area contributed by atoms with Gasteiger partial charge in [0.15, 0.2) is 0 Å². The van der Waals surface area contributed by atoms with Crippen LogP contribution in [0.15, 0.2) is 36.4 Å². The van der Waals surface area contributed by atoms with Crippen molar-refractivity contribution in [3.8, 4) is 0 Å². The first-order valence-corrected chi connectivity index (χ1v) is 10.2. The zero-order valence-corrected chi connectivity index (χ0v) is 17.4. The number of aryl methyl sites for hydroxylation is 2. The number of alkyl halides is 3. The Morgan fingerprint density at radius 3 is 2.42 bits per heavy atom. The summed E-state index contributed by atoms with van der Waals surface area (Å²) in [5.41, 5.74) is 3.10. The van der Waals surface area contributed by atoms with E-state index < -0.39 is 11.7 Å². The van der Waals surface area contributed by atoms with Crippen molar-refractivity contribution in [2.75, 3.05) is 25.0 Å². The molecule has 1 aromatic heterocycles. The Balaban J connectivity index is 1.36. The number of likely N-dealkylation sites (tertiary alicyclic amines) is 1.